The lowest BCUT2D eigenvalue weighted by Crippen LogP contribution is -2.38. The lowest BCUT2D eigenvalue weighted by molar-refractivity contribution is -0.138. The number of Topliss-reactive ketones (excluding diaryl/α,β-unsaturated/α-hetero) is 1. The number of fused-ring (bicyclic) bond motifs is 1. The van der Waals surface area contributed by atoms with Crippen molar-refractivity contribution in [1.82, 2.24) is 9.97 Å². The van der Waals surface area contributed by atoms with Gasteiger partial charge in [-0.1, -0.05) is 11.6 Å². The second kappa shape index (κ2) is 8.61. The third-order valence-electron chi connectivity index (χ3n) is 4.51. The fraction of sp³-hybridized carbons (Fsp3) is 0.333. The molecule has 0 N–H and O–H groups in total. The molecule has 1 aliphatic carbocycles. The fourth-order valence-electron chi connectivity index (χ4n) is 3.24. The number of carbonyl (C=O) groups excluding carboxylic acids is 2. The van der Waals surface area contributed by atoms with E-state index in [0.717, 1.165) is 12.0 Å². The zero-order chi connectivity index (χ0) is 22.9. The molecular weight excluding hydrogens is 453 g/mol. The Balaban J connectivity index is 2.20. The SMILES string of the molecule is COC(=O)N(c1ncc(C(F)(F)F)cc1OC(F)F)C1CCC(=O)c2c1ccnc2Cl. The van der Waals surface area contributed by atoms with Crippen LogP contribution in [0.3, 0.4) is 0 Å². The summed E-state index contributed by atoms with van der Waals surface area (Å²) in [7, 11) is 0.988. The molecule has 1 aliphatic rings. The highest BCUT2D eigenvalue weighted by Crippen LogP contribution is 2.43. The first-order valence-corrected chi connectivity index (χ1v) is 8.99. The predicted octanol–water partition coefficient (Wildman–Crippen LogP) is 5.04. The number of aromatic nitrogens is 2. The van der Waals surface area contributed by atoms with Crippen LogP contribution in [0, 0.1) is 0 Å². The van der Waals surface area contributed by atoms with Gasteiger partial charge in [0.2, 0.25) is 0 Å². The summed E-state index contributed by atoms with van der Waals surface area (Å²) in [5, 5.41) is -0.138. The summed E-state index contributed by atoms with van der Waals surface area (Å²) in [6.07, 6.45) is -4.48. The minimum Gasteiger partial charge on any atom is -0.452 e. The van der Waals surface area contributed by atoms with E-state index in [0.29, 0.717) is 12.3 Å². The molecule has 2 heterocycles. The second-order valence-corrected chi connectivity index (χ2v) is 6.66. The van der Waals surface area contributed by atoms with Crippen LogP contribution in [-0.4, -0.2) is 35.6 Å². The Kier molecular flexibility index (Phi) is 6.30. The summed E-state index contributed by atoms with van der Waals surface area (Å²) >= 11 is 6.01. The Hall–Kier alpha value is -3.02. The monoisotopic (exact) mass is 465 g/mol. The van der Waals surface area contributed by atoms with Crippen molar-refractivity contribution in [2.75, 3.05) is 12.0 Å². The molecule has 0 bridgehead atoms. The number of alkyl halides is 5. The van der Waals surface area contributed by atoms with Gasteiger partial charge < -0.3 is 9.47 Å². The van der Waals surface area contributed by atoms with Crippen LogP contribution < -0.4 is 9.64 Å². The Labute approximate surface area is 176 Å². The van der Waals surface area contributed by atoms with Crippen LogP contribution in [0.2, 0.25) is 5.15 Å². The summed E-state index contributed by atoms with van der Waals surface area (Å²) in [4.78, 5) is 33.0. The lowest BCUT2D eigenvalue weighted by Gasteiger charge is -2.34. The van der Waals surface area contributed by atoms with Crippen LogP contribution in [0.5, 0.6) is 5.75 Å². The van der Waals surface area contributed by atoms with E-state index in [9.17, 15) is 31.5 Å². The molecule has 0 radical (unpaired) electrons. The number of amides is 1. The number of nitrogens with zero attached hydrogens (tertiary/aromatic N) is 3. The highest BCUT2D eigenvalue weighted by Gasteiger charge is 2.39. The van der Waals surface area contributed by atoms with Gasteiger partial charge in [0, 0.05) is 18.8 Å². The smallest absolute Gasteiger partial charge is 0.418 e. The topological polar surface area (TPSA) is 81.6 Å². The van der Waals surface area contributed by atoms with Crippen LogP contribution in [-0.2, 0) is 10.9 Å². The molecule has 166 valence electrons. The third kappa shape index (κ3) is 4.53. The van der Waals surface area contributed by atoms with Gasteiger partial charge in [0.1, 0.15) is 5.15 Å². The van der Waals surface area contributed by atoms with Gasteiger partial charge >= 0.3 is 18.9 Å². The Bertz CT molecular complexity index is 1020. The fourth-order valence-corrected chi connectivity index (χ4v) is 3.51. The summed E-state index contributed by atoms with van der Waals surface area (Å²) in [5.41, 5.74) is -1.13. The number of halogens is 6. The standard InChI is InChI=1S/C18H13ClF5N3O4/c1-30-17(29)27(10-2-3-11(28)13-9(10)4-5-25-14(13)19)15-12(31-16(20)21)6-8(7-26-15)18(22,23)24/h4-7,10,16H,2-3H2,1H3. The van der Waals surface area contributed by atoms with Gasteiger partial charge in [0.25, 0.3) is 0 Å². The summed E-state index contributed by atoms with van der Waals surface area (Å²) < 4.78 is 73.9. The first-order chi connectivity index (χ1) is 14.5. The highest BCUT2D eigenvalue weighted by molar-refractivity contribution is 6.33. The van der Waals surface area contributed by atoms with Crippen LogP contribution in [0.15, 0.2) is 24.5 Å². The molecule has 7 nitrogen and oxygen atoms in total. The molecule has 1 amide bonds. The van der Waals surface area contributed by atoms with Crippen molar-refractivity contribution in [2.45, 2.75) is 31.7 Å². The van der Waals surface area contributed by atoms with Crippen LogP contribution >= 0.6 is 11.6 Å². The average Bonchev–Trinajstić information content (AvgIpc) is 2.69. The van der Waals surface area contributed by atoms with Gasteiger partial charge in [0.05, 0.1) is 24.3 Å². The van der Waals surface area contributed by atoms with Crippen LogP contribution in [0.25, 0.3) is 0 Å². The van der Waals surface area contributed by atoms with E-state index >= 15 is 0 Å². The molecule has 31 heavy (non-hydrogen) atoms. The molecule has 1 unspecified atom stereocenters. The summed E-state index contributed by atoms with van der Waals surface area (Å²) in [6.45, 7) is -3.50. The number of ketones is 1. The number of hydrogen-bond acceptors (Lipinski definition) is 6. The molecule has 3 rings (SSSR count). The van der Waals surface area contributed by atoms with Gasteiger partial charge in [-0.3, -0.25) is 9.69 Å². The molecule has 0 saturated heterocycles. The van der Waals surface area contributed by atoms with Crippen LogP contribution in [0.4, 0.5) is 32.6 Å². The molecule has 0 aliphatic heterocycles. The number of rotatable bonds is 4. The molecule has 0 fully saturated rings. The maximum Gasteiger partial charge on any atom is 0.418 e. The average molecular weight is 466 g/mol. The number of methoxy groups -OCH3 is 1. The normalized spacial score (nSPS) is 16.1. The number of pyridine rings is 2. The molecule has 1 atom stereocenters. The number of carbonyl (C=O) groups is 2. The van der Waals surface area contributed by atoms with Crippen molar-refractivity contribution in [3.63, 3.8) is 0 Å². The molecule has 2 aromatic heterocycles. The van der Waals surface area contributed by atoms with Crippen molar-refractivity contribution in [2.24, 2.45) is 0 Å². The maximum absolute atomic E-state index is 13.1. The molecule has 0 aromatic carbocycles. The zero-order valence-electron chi connectivity index (χ0n) is 15.6. The van der Waals surface area contributed by atoms with E-state index in [1.807, 2.05) is 0 Å². The zero-order valence-corrected chi connectivity index (χ0v) is 16.4. The van der Waals surface area contributed by atoms with E-state index in [1.165, 1.54) is 12.3 Å². The minimum atomic E-state index is -4.90. The van der Waals surface area contributed by atoms with Gasteiger partial charge in [-0.05, 0) is 24.1 Å². The van der Waals surface area contributed by atoms with E-state index in [-0.39, 0.29) is 34.9 Å². The number of anilines is 1. The molecule has 0 saturated carbocycles. The second-order valence-electron chi connectivity index (χ2n) is 6.31. The first kappa shape index (κ1) is 22.7. The van der Waals surface area contributed by atoms with Gasteiger partial charge in [-0.15, -0.1) is 0 Å². The van der Waals surface area contributed by atoms with Crippen molar-refractivity contribution in [3.8, 4) is 5.75 Å². The molecular formula is C18H13ClF5N3O4. The largest absolute Gasteiger partial charge is 0.452 e. The third-order valence-corrected chi connectivity index (χ3v) is 4.79. The summed E-state index contributed by atoms with van der Waals surface area (Å²) in [5.74, 6) is -1.99. The Morgan fingerprint density at radius 1 is 1.32 bits per heavy atom. The van der Waals surface area contributed by atoms with Gasteiger partial charge in [-0.2, -0.15) is 22.0 Å². The van der Waals surface area contributed by atoms with Crippen LogP contribution in [0.1, 0.15) is 40.4 Å². The highest BCUT2D eigenvalue weighted by atomic mass is 35.5. The Morgan fingerprint density at radius 2 is 2.03 bits per heavy atom. The van der Waals surface area contributed by atoms with E-state index in [2.05, 4.69) is 14.7 Å². The van der Waals surface area contributed by atoms with Crippen molar-refractivity contribution in [3.05, 3.63) is 46.4 Å². The lowest BCUT2D eigenvalue weighted by atomic mass is 9.87. The maximum atomic E-state index is 13.1. The number of ether oxygens (including phenoxy) is 2. The Morgan fingerprint density at radius 3 is 2.65 bits per heavy atom. The van der Waals surface area contributed by atoms with Gasteiger partial charge in [0.15, 0.2) is 17.4 Å². The summed E-state index contributed by atoms with van der Waals surface area (Å²) in [6, 6.07) is 0.667. The molecule has 0 spiro atoms. The number of hydrogen-bond donors (Lipinski definition) is 0. The minimum absolute atomic E-state index is 0.00189. The van der Waals surface area contributed by atoms with E-state index < -0.39 is 42.1 Å². The quantitative estimate of drug-likeness (QED) is 0.465. The molecule has 13 heteroatoms. The van der Waals surface area contributed by atoms with Crippen molar-refractivity contribution < 1.29 is 41.0 Å². The van der Waals surface area contributed by atoms with E-state index in [4.69, 9.17) is 16.3 Å². The molecule has 2 aromatic rings. The van der Waals surface area contributed by atoms with Crippen molar-refractivity contribution >= 4 is 29.3 Å². The first-order valence-electron chi connectivity index (χ1n) is 8.61. The van der Waals surface area contributed by atoms with Crippen molar-refractivity contribution in [1.29, 1.82) is 0 Å². The van der Waals surface area contributed by atoms with E-state index in [1.54, 1.807) is 0 Å². The van der Waals surface area contributed by atoms with Gasteiger partial charge in [-0.25, -0.2) is 14.8 Å². The predicted molar refractivity (Wildman–Crippen MR) is 96.3 cm³/mol.